The monoisotopic (exact) mass is 489 g/mol. The van der Waals surface area contributed by atoms with Crippen molar-refractivity contribution in [3.8, 4) is 11.4 Å². The molecule has 194 valence electrons. The zero-order chi connectivity index (χ0) is 25.3. The minimum absolute atomic E-state index is 0.0387. The van der Waals surface area contributed by atoms with E-state index in [2.05, 4.69) is 54.5 Å². The Bertz CT molecular complexity index is 1110. The fourth-order valence-corrected chi connectivity index (χ4v) is 5.07. The molecule has 6 nitrogen and oxygen atoms in total. The lowest BCUT2D eigenvalue weighted by molar-refractivity contribution is 0.0745. The van der Waals surface area contributed by atoms with Gasteiger partial charge in [0.05, 0.1) is 0 Å². The molecule has 2 aromatic heterocycles. The van der Waals surface area contributed by atoms with Crippen LogP contribution in [0.4, 0.5) is 0 Å². The van der Waals surface area contributed by atoms with Gasteiger partial charge in [0.25, 0.3) is 5.91 Å². The smallest absolute Gasteiger partial charge is 0.272 e. The summed E-state index contributed by atoms with van der Waals surface area (Å²) in [7, 11) is 0. The highest BCUT2D eigenvalue weighted by Crippen LogP contribution is 2.25. The molecule has 0 radical (unpaired) electrons. The molecular formula is C30H43N5O. The number of carbonyl (C=O) groups is 1. The highest BCUT2D eigenvalue weighted by Gasteiger charge is 2.20. The highest BCUT2D eigenvalue weighted by molar-refractivity contribution is 5.94. The van der Waals surface area contributed by atoms with Gasteiger partial charge in [0, 0.05) is 25.2 Å². The summed E-state index contributed by atoms with van der Waals surface area (Å²) >= 11 is 0. The van der Waals surface area contributed by atoms with Crippen LogP contribution < -0.4 is 0 Å². The molecule has 1 saturated heterocycles. The van der Waals surface area contributed by atoms with Gasteiger partial charge in [0.2, 0.25) is 0 Å². The molecule has 36 heavy (non-hydrogen) atoms. The van der Waals surface area contributed by atoms with Gasteiger partial charge >= 0.3 is 0 Å². The topological polar surface area (TPSA) is 54.3 Å². The Labute approximate surface area is 216 Å². The summed E-state index contributed by atoms with van der Waals surface area (Å²) in [5.41, 5.74) is 4.53. The van der Waals surface area contributed by atoms with Crippen LogP contribution in [0.15, 0.2) is 36.4 Å². The van der Waals surface area contributed by atoms with E-state index < -0.39 is 0 Å². The van der Waals surface area contributed by atoms with Gasteiger partial charge < -0.3 is 14.4 Å². The van der Waals surface area contributed by atoms with E-state index in [1.807, 2.05) is 17.0 Å². The maximum atomic E-state index is 13.5. The third kappa shape index (κ3) is 6.52. The maximum Gasteiger partial charge on any atom is 0.272 e. The third-order valence-corrected chi connectivity index (χ3v) is 7.28. The predicted octanol–water partition coefficient (Wildman–Crippen LogP) is 6.33. The van der Waals surface area contributed by atoms with Gasteiger partial charge in [-0.1, -0.05) is 62.9 Å². The normalized spacial score (nSPS) is 14.4. The Kier molecular flexibility index (Phi) is 9.51. The second kappa shape index (κ2) is 13.0. The molecule has 1 aliphatic rings. The molecule has 0 N–H and O–H groups in total. The van der Waals surface area contributed by atoms with Gasteiger partial charge in [-0.25, -0.2) is 9.97 Å². The summed E-state index contributed by atoms with van der Waals surface area (Å²) in [5.74, 6) is 0.978. The van der Waals surface area contributed by atoms with Gasteiger partial charge in [0.1, 0.15) is 17.0 Å². The third-order valence-electron chi connectivity index (χ3n) is 7.28. The fourth-order valence-electron chi connectivity index (χ4n) is 5.07. The Morgan fingerprint density at radius 1 is 0.861 bits per heavy atom. The van der Waals surface area contributed by atoms with Gasteiger partial charge in [-0.2, -0.15) is 0 Å². The summed E-state index contributed by atoms with van der Waals surface area (Å²) in [6.45, 7) is 12.4. The Balaban J connectivity index is 1.64. The fraction of sp³-hybridized carbons (Fsp3) is 0.567. The number of fused-ring (bicyclic) bond motifs is 1. The van der Waals surface area contributed by atoms with Crippen LogP contribution in [0, 0.1) is 6.92 Å². The molecule has 0 atom stereocenters. The lowest BCUT2D eigenvalue weighted by Gasteiger charge is -2.26. The minimum atomic E-state index is 0.0387. The van der Waals surface area contributed by atoms with Crippen molar-refractivity contribution in [2.45, 2.75) is 78.7 Å². The predicted molar refractivity (Wildman–Crippen MR) is 148 cm³/mol. The number of rotatable bonds is 12. The number of nitrogens with zero attached hydrogens (tertiary/aromatic N) is 5. The average molecular weight is 490 g/mol. The summed E-state index contributed by atoms with van der Waals surface area (Å²) < 4.78 is 2.24. The minimum Gasteiger partial charge on any atom is -0.337 e. The van der Waals surface area contributed by atoms with Crippen LogP contribution in [-0.2, 0) is 6.54 Å². The van der Waals surface area contributed by atoms with Gasteiger partial charge in [-0.15, -0.1) is 0 Å². The standard InChI is InChI=1S/C30H43N5O/c1-4-6-21-34(22-7-5-2)30(36)27-17-16-26-29(32-27)35(23-11-20-33-18-9-8-10-19-33)28(31-26)25-14-12-24(3)13-15-25/h12-17H,4-11,18-23H2,1-3H3. The van der Waals surface area contributed by atoms with Crippen molar-refractivity contribution < 1.29 is 4.79 Å². The van der Waals surface area contributed by atoms with Crippen molar-refractivity contribution in [1.82, 2.24) is 24.3 Å². The van der Waals surface area contributed by atoms with Crippen LogP contribution in [0.3, 0.4) is 0 Å². The highest BCUT2D eigenvalue weighted by atomic mass is 16.2. The first-order valence-electron chi connectivity index (χ1n) is 14.1. The maximum absolute atomic E-state index is 13.5. The number of hydrogen-bond donors (Lipinski definition) is 0. The summed E-state index contributed by atoms with van der Waals surface area (Å²) in [5, 5.41) is 0. The quantitative estimate of drug-likeness (QED) is 0.298. The largest absolute Gasteiger partial charge is 0.337 e. The molecule has 6 heteroatoms. The van der Waals surface area contributed by atoms with Crippen molar-refractivity contribution >= 4 is 17.1 Å². The van der Waals surface area contributed by atoms with Crippen LogP contribution in [0.25, 0.3) is 22.6 Å². The van der Waals surface area contributed by atoms with E-state index in [0.29, 0.717) is 5.69 Å². The van der Waals surface area contributed by atoms with E-state index in [1.165, 1.54) is 37.9 Å². The van der Waals surface area contributed by atoms with Crippen LogP contribution >= 0.6 is 0 Å². The van der Waals surface area contributed by atoms with Crippen LogP contribution in [0.2, 0.25) is 0 Å². The van der Waals surface area contributed by atoms with E-state index >= 15 is 0 Å². The SMILES string of the molecule is CCCCN(CCCC)C(=O)c1ccc2nc(-c3ccc(C)cc3)n(CCCN3CCCCC3)c2n1. The van der Waals surface area contributed by atoms with E-state index in [-0.39, 0.29) is 5.91 Å². The molecule has 1 fully saturated rings. The number of likely N-dealkylation sites (tertiary alicyclic amines) is 1. The molecule has 0 unspecified atom stereocenters. The molecule has 1 aliphatic heterocycles. The summed E-state index contributed by atoms with van der Waals surface area (Å²) in [4.78, 5) is 28.0. The van der Waals surface area contributed by atoms with Gasteiger partial charge in [-0.3, -0.25) is 4.79 Å². The number of carbonyl (C=O) groups excluding carboxylic acids is 1. The second-order valence-corrected chi connectivity index (χ2v) is 10.2. The van der Waals surface area contributed by atoms with E-state index in [0.717, 1.165) is 80.8 Å². The Hall–Kier alpha value is -2.73. The van der Waals surface area contributed by atoms with E-state index in [1.54, 1.807) is 0 Å². The molecule has 4 rings (SSSR count). The number of pyridine rings is 1. The number of piperidine rings is 1. The van der Waals surface area contributed by atoms with E-state index in [9.17, 15) is 4.79 Å². The molecule has 1 aromatic carbocycles. The summed E-state index contributed by atoms with van der Waals surface area (Å²) in [6, 6.07) is 12.4. The van der Waals surface area contributed by atoms with Gasteiger partial charge in [0.15, 0.2) is 5.65 Å². The molecule has 3 heterocycles. The molecule has 0 bridgehead atoms. The number of benzene rings is 1. The first kappa shape index (κ1) is 26.3. The average Bonchev–Trinajstić information content (AvgIpc) is 3.27. The van der Waals surface area contributed by atoms with Crippen molar-refractivity contribution in [3.63, 3.8) is 0 Å². The van der Waals surface area contributed by atoms with Crippen molar-refractivity contribution in [1.29, 1.82) is 0 Å². The van der Waals surface area contributed by atoms with Crippen molar-refractivity contribution in [3.05, 3.63) is 47.7 Å². The molecule has 3 aromatic rings. The molecular weight excluding hydrogens is 446 g/mol. The zero-order valence-electron chi connectivity index (χ0n) is 22.5. The summed E-state index contributed by atoms with van der Waals surface area (Å²) in [6.07, 6.45) is 9.20. The molecule has 1 amide bonds. The first-order valence-corrected chi connectivity index (χ1v) is 14.1. The molecule has 0 spiro atoms. The lowest BCUT2D eigenvalue weighted by atomic mass is 10.1. The number of aromatic nitrogens is 3. The second-order valence-electron chi connectivity index (χ2n) is 10.2. The zero-order valence-corrected chi connectivity index (χ0v) is 22.5. The number of amides is 1. The Morgan fingerprint density at radius 2 is 1.56 bits per heavy atom. The number of aryl methyl sites for hydroxylation is 2. The number of unbranched alkanes of at least 4 members (excludes halogenated alkanes) is 2. The van der Waals surface area contributed by atoms with Crippen LogP contribution in [-0.4, -0.2) is 63.0 Å². The lowest BCUT2D eigenvalue weighted by Crippen LogP contribution is -2.33. The van der Waals surface area contributed by atoms with Crippen molar-refractivity contribution in [2.75, 3.05) is 32.7 Å². The van der Waals surface area contributed by atoms with Crippen LogP contribution in [0.1, 0.15) is 81.3 Å². The molecule has 0 saturated carbocycles. The van der Waals surface area contributed by atoms with Gasteiger partial charge in [-0.05, 0) is 70.8 Å². The first-order chi connectivity index (χ1) is 17.6. The molecule has 0 aliphatic carbocycles. The number of imidazole rings is 1. The van der Waals surface area contributed by atoms with E-state index in [4.69, 9.17) is 9.97 Å². The number of hydrogen-bond acceptors (Lipinski definition) is 4. The van der Waals surface area contributed by atoms with Crippen molar-refractivity contribution in [2.24, 2.45) is 0 Å². The Morgan fingerprint density at radius 3 is 2.22 bits per heavy atom. The van der Waals surface area contributed by atoms with Crippen LogP contribution in [0.5, 0.6) is 0 Å².